The number of hydrogen-bond acceptors (Lipinski definition) is 10. The second-order valence-corrected chi connectivity index (χ2v) is 10.6. The Morgan fingerprint density at radius 3 is 2.31 bits per heavy atom. The van der Waals surface area contributed by atoms with Crippen LogP contribution in [0.15, 0.2) is 29.2 Å². The normalized spacial score (nSPS) is 11.0. The van der Waals surface area contributed by atoms with Gasteiger partial charge in [0, 0.05) is 16.6 Å². The number of rotatable bonds is 8. The van der Waals surface area contributed by atoms with E-state index in [9.17, 15) is 32.7 Å². The van der Waals surface area contributed by atoms with Crippen LogP contribution in [0.5, 0.6) is 11.5 Å². The molecule has 0 bridgehead atoms. The van der Waals surface area contributed by atoms with E-state index in [0.717, 1.165) is 12.1 Å². The van der Waals surface area contributed by atoms with Gasteiger partial charge in [-0.3, -0.25) is 14.9 Å². The molecule has 0 aliphatic carbocycles. The zero-order valence-electron chi connectivity index (χ0n) is 15.8. The van der Waals surface area contributed by atoms with Crippen LogP contribution >= 0.6 is 67.8 Å². The van der Waals surface area contributed by atoms with Crippen molar-refractivity contribution in [1.29, 1.82) is 0 Å². The summed E-state index contributed by atoms with van der Waals surface area (Å²) < 4.78 is 50.2. The van der Waals surface area contributed by atoms with Crippen LogP contribution in [0.1, 0.15) is 17.3 Å². The third kappa shape index (κ3) is 6.84. The number of carbonyl (C=O) groups excluding carboxylic acids is 2. The van der Waals surface area contributed by atoms with Gasteiger partial charge in [-0.2, -0.15) is 0 Å². The predicted octanol–water partition coefficient (Wildman–Crippen LogP) is 3.47. The van der Waals surface area contributed by atoms with Crippen molar-refractivity contribution in [2.24, 2.45) is 0 Å². The van der Waals surface area contributed by atoms with E-state index < -0.39 is 37.6 Å². The van der Waals surface area contributed by atoms with Crippen molar-refractivity contribution in [2.75, 3.05) is 13.2 Å². The van der Waals surface area contributed by atoms with Crippen molar-refractivity contribution in [3.8, 4) is 11.5 Å². The molecule has 2 rings (SSSR count). The Labute approximate surface area is 222 Å². The fraction of sp³-hybridized carbons (Fsp3) is 0.176. The maximum atomic E-state index is 12.5. The molecule has 0 radical (unpaired) electrons. The molecule has 0 fully saturated rings. The lowest BCUT2D eigenvalue weighted by molar-refractivity contribution is -0.386. The van der Waals surface area contributed by atoms with Gasteiger partial charge < -0.3 is 18.8 Å². The average molecular weight is 802 g/mol. The average Bonchev–Trinajstić information content (AvgIpc) is 2.67. The van der Waals surface area contributed by atoms with Crippen LogP contribution in [-0.2, 0) is 19.6 Å². The number of nitrogens with zero attached hydrogens (tertiary/aromatic N) is 1. The predicted molar refractivity (Wildman–Crippen MR) is 133 cm³/mol. The van der Waals surface area contributed by atoms with Crippen molar-refractivity contribution >= 4 is 95.5 Å². The van der Waals surface area contributed by atoms with E-state index in [2.05, 4.69) is 0 Å². The molecule has 15 heteroatoms. The van der Waals surface area contributed by atoms with Gasteiger partial charge in [-0.05, 0) is 86.0 Å². The van der Waals surface area contributed by atoms with Crippen molar-refractivity contribution in [2.45, 2.75) is 11.8 Å². The number of halogens is 3. The highest BCUT2D eigenvalue weighted by molar-refractivity contribution is 14.1. The lowest BCUT2D eigenvalue weighted by atomic mass is 10.2. The third-order valence-electron chi connectivity index (χ3n) is 3.57. The van der Waals surface area contributed by atoms with Crippen molar-refractivity contribution in [1.82, 2.24) is 0 Å². The molecule has 0 heterocycles. The topological polar surface area (TPSA) is 162 Å². The Balaban J connectivity index is 2.12. The fourth-order valence-corrected chi connectivity index (χ4v) is 6.79. The van der Waals surface area contributed by atoms with Gasteiger partial charge in [0.05, 0.1) is 22.5 Å². The first-order chi connectivity index (χ1) is 14.8. The molecule has 0 N–H and O–H groups in total. The Bertz CT molecular complexity index is 1200. The molecule has 2 aromatic rings. The summed E-state index contributed by atoms with van der Waals surface area (Å²) in [6, 6.07) is 4.09. The summed E-state index contributed by atoms with van der Waals surface area (Å²) >= 11 is 5.77. The summed E-state index contributed by atoms with van der Waals surface area (Å²) in [6.45, 7) is 0.653. The lowest BCUT2D eigenvalue weighted by Crippen LogP contribution is -2.16. The summed E-state index contributed by atoms with van der Waals surface area (Å²) in [4.78, 5) is 33.3. The molecule has 0 saturated carbocycles. The molecule has 11 nitrogen and oxygen atoms in total. The summed E-state index contributed by atoms with van der Waals surface area (Å²) in [6.07, 6.45) is 0. The maximum absolute atomic E-state index is 12.5. The number of hydrogen-bond donors (Lipinski definition) is 0. The maximum Gasteiger partial charge on any atom is 0.340 e. The van der Waals surface area contributed by atoms with Gasteiger partial charge in [0.1, 0.15) is 23.3 Å². The van der Waals surface area contributed by atoms with Gasteiger partial charge in [-0.15, -0.1) is 0 Å². The zero-order valence-corrected chi connectivity index (χ0v) is 23.1. The molecule has 2 aromatic carbocycles. The van der Waals surface area contributed by atoms with Gasteiger partial charge in [-0.25, -0.2) is 13.2 Å². The van der Waals surface area contributed by atoms with E-state index in [0.29, 0.717) is 16.8 Å². The van der Waals surface area contributed by atoms with E-state index in [-0.39, 0.29) is 30.3 Å². The minimum absolute atomic E-state index is 0.179. The monoisotopic (exact) mass is 802 g/mol. The number of esters is 2. The summed E-state index contributed by atoms with van der Waals surface area (Å²) in [5.74, 6) is -1.35. The molecule has 0 atom stereocenters. The van der Waals surface area contributed by atoms with Crippen LogP contribution < -0.4 is 9.47 Å². The third-order valence-corrected chi connectivity index (χ3v) is 7.08. The van der Waals surface area contributed by atoms with Crippen LogP contribution in [0.2, 0.25) is 0 Å². The van der Waals surface area contributed by atoms with Crippen molar-refractivity contribution < 1.29 is 41.7 Å². The number of nitro benzene ring substituents is 1. The summed E-state index contributed by atoms with van der Waals surface area (Å²) in [5.41, 5.74) is -0.542. The molecule has 0 unspecified atom stereocenters. The molecule has 0 saturated heterocycles. The van der Waals surface area contributed by atoms with E-state index >= 15 is 0 Å². The molecule has 0 amide bonds. The Kier molecular flexibility index (Phi) is 9.43. The van der Waals surface area contributed by atoms with Crippen LogP contribution in [-0.4, -0.2) is 43.0 Å². The minimum Gasteiger partial charge on any atom is -0.744 e. The molecule has 0 spiro atoms. The molecular weight excluding hydrogens is 791 g/mol. The standard InChI is InChI=1S/C17H12I3NO10S/c1-8(22)31-16-11(19)7-10(18)14(15(16)20)17(23)30-5-4-29-13-3-2-9(32(26,27)28)6-12(13)21(24)25/h2-3,6-7H,4-5H2,1H3,(H,26,27,28)/p-1. The zero-order chi connectivity index (χ0) is 24.2. The number of nitro groups is 1. The van der Waals surface area contributed by atoms with E-state index in [4.69, 9.17) is 14.2 Å². The number of benzene rings is 2. The Hall–Kier alpha value is -1.32. The van der Waals surface area contributed by atoms with Crippen LogP contribution in [0.25, 0.3) is 0 Å². The molecular formula is C17H11I3NO10S-. The van der Waals surface area contributed by atoms with Gasteiger partial charge in [0.25, 0.3) is 0 Å². The molecule has 0 aliphatic heterocycles. The first-order valence-corrected chi connectivity index (χ1v) is 12.9. The molecule has 0 aromatic heterocycles. The lowest BCUT2D eigenvalue weighted by Gasteiger charge is -2.14. The Morgan fingerprint density at radius 1 is 1.09 bits per heavy atom. The van der Waals surface area contributed by atoms with Gasteiger partial charge >= 0.3 is 17.6 Å². The van der Waals surface area contributed by atoms with E-state index in [1.165, 1.54) is 6.92 Å². The van der Waals surface area contributed by atoms with Crippen LogP contribution in [0.3, 0.4) is 0 Å². The van der Waals surface area contributed by atoms with Crippen molar-refractivity contribution in [3.05, 3.63) is 50.7 Å². The van der Waals surface area contributed by atoms with Gasteiger partial charge in [0.2, 0.25) is 0 Å². The highest BCUT2D eigenvalue weighted by Crippen LogP contribution is 2.34. The quantitative estimate of drug-likeness (QED) is 0.0736. The molecule has 0 aliphatic rings. The second kappa shape index (κ2) is 11.2. The van der Waals surface area contributed by atoms with Gasteiger partial charge in [-0.1, -0.05) is 0 Å². The van der Waals surface area contributed by atoms with E-state index in [1.807, 2.05) is 67.8 Å². The fourth-order valence-electron chi connectivity index (χ4n) is 2.27. The minimum atomic E-state index is -4.88. The van der Waals surface area contributed by atoms with Crippen molar-refractivity contribution in [3.63, 3.8) is 0 Å². The van der Waals surface area contributed by atoms with Gasteiger partial charge in [0.15, 0.2) is 11.5 Å². The first-order valence-electron chi connectivity index (χ1n) is 8.23. The summed E-state index contributed by atoms with van der Waals surface area (Å²) in [5, 5.41) is 11.1. The molecule has 172 valence electrons. The molecule has 32 heavy (non-hydrogen) atoms. The highest BCUT2D eigenvalue weighted by Gasteiger charge is 2.23. The van der Waals surface area contributed by atoms with Crippen LogP contribution in [0, 0.1) is 20.8 Å². The SMILES string of the molecule is CC(=O)Oc1c(I)cc(I)c(C(=O)OCCOc2ccc(S(=O)(=O)[O-])cc2[N+](=O)[O-])c1I. The van der Waals surface area contributed by atoms with E-state index in [1.54, 1.807) is 6.07 Å². The second-order valence-electron chi connectivity index (χ2n) is 5.78. The first kappa shape index (κ1) is 26.9. The Morgan fingerprint density at radius 2 is 1.75 bits per heavy atom. The highest BCUT2D eigenvalue weighted by atomic mass is 127. The largest absolute Gasteiger partial charge is 0.744 e. The number of carbonyl (C=O) groups is 2. The summed E-state index contributed by atoms with van der Waals surface area (Å²) in [7, 11) is -4.88. The smallest absolute Gasteiger partial charge is 0.340 e. The van der Waals surface area contributed by atoms with Crippen LogP contribution in [0.4, 0.5) is 5.69 Å². The number of ether oxygens (including phenoxy) is 3.